The molecule has 0 atom stereocenters. The van der Waals surface area contributed by atoms with Crippen LogP contribution in [0.1, 0.15) is 65.2 Å². The van der Waals surface area contributed by atoms with Gasteiger partial charge in [-0.25, -0.2) is 4.98 Å². The Bertz CT molecular complexity index is 2830. The Hall–Kier alpha value is -5.90. The molecule has 0 aliphatic carbocycles. The molecular formula is C53H47N4OPt-3. The van der Waals surface area contributed by atoms with Crippen LogP contribution in [0.25, 0.3) is 38.8 Å². The molecule has 0 amide bonds. The molecule has 0 saturated heterocycles. The van der Waals surface area contributed by atoms with Gasteiger partial charge >= 0.3 is 0 Å². The van der Waals surface area contributed by atoms with E-state index in [0.29, 0.717) is 11.5 Å². The van der Waals surface area contributed by atoms with Gasteiger partial charge in [-0.05, 0) is 77.2 Å². The molecule has 0 saturated carbocycles. The Kier molecular flexibility index (Phi) is 10.6. The zero-order valence-electron chi connectivity index (χ0n) is 34.5. The topological polar surface area (TPSA) is 33.5 Å². The van der Waals surface area contributed by atoms with E-state index in [1.54, 1.807) is 0 Å². The van der Waals surface area contributed by atoms with Gasteiger partial charge in [0.1, 0.15) is 5.82 Å². The van der Waals surface area contributed by atoms with E-state index in [4.69, 9.17) is 9.72 Å². The number of rotatable bonds is 8. The van der Waals surface area contributed by atoms with Crippen LogP contribution < -0.4 is 14.5 Å². The molecule has 0 radical (unpaired) electrons. The Labute approximate surface area is 362 Å². The number of benzene rings is 6. The number of hydrogen-bond donors (Lipinski definition) is 0. The molecule has 1 aliphatic heterocycles. The molecule has 0 unspecified atom stereocenters. The largest absolute Gasteiger partial charge is 0.509 e. The average Bonchev–Trinajstić information content (AvgIpc) is 3.73. The molecule has 0 spiro atoms. The van der Waals surface area contributed by atoms with Gasteiger partial charge in [-0.3, -0.25) is 0 Å². The summed E-state index contributed by atoms with van der Waals surface area (Å²) in [6.07, 6.45) is 1.90. The van der Waals surface area contributed by atoms with Crippen molar-refractivity contribution in [1.82, 2.24) is 9.55 Å². The predicted molar refractivity (Wildman–Crippen MR) is 240 cm³/mol. The van der Waals surface area contributed by atoms with Crippen LogP contribution in [-0.2, 0) is 31.9 Å². The Balaban J connectivity index is 0.00000484. The smallest absolute Gasteiger partial charge is 0.135 e. The van der Waals surface area contributed by atoms with E-state index < -0.39 is 0 Å². The van der Waals surface area contributed by atoms with Crippen molar-refractivity contribution in [1.29, 1.82) is 0 Å². The molecule has 2 aromatic heterocycles. The molecule has 0 bridgehead atoms. The quantitative estimate of drug-likeness (QED) is 0.142. The molecule has 9 rings (SSSR count). The molecule has 0 fully saturated rings. The monoisotopic (exact) mass is 950 g/mol. The fourth-order valence-corrected chi connectivity index (χ4v) is 8.01. The van der Waals surface area contributed by atoms with Gasteiger partial charge in [0, 0.05) is 66.8 Å². The Morgan fingerprint density at radius 2 is 1.27 bits per heavy atom. The van der Waals surface area contributed by atoms with E-state index in [2.05, 4.69) is 215 Å². The second-order valence-electron chi connectivity index (χ2n) is 16.7. The molecule has 8 aromatic rings. The van der Waals surface area contributed by atoms with Gasteiger partial charge in [-0.2, -0.15) is 6.07 Å². The first-order valence-electron chi connectivity index (χ1n) is 20.0. The van der Waals surface area contributed by atoms with E-state index >= 15 is 0 Å². The molecule has 6 heteroatoms. The molecule has 59 heavy (non-hydrogen) atoms. The SMILES string of the molecule is CC1=C(C)N(c2cccc(C(C)(C)c3ccccc3)c2)[CH-]N1c1[c-]c(Oc2[c-]c3c(cc2)c2ccccc2n3-c2cc(C(C)(C)C)ccn2)cc(-c2ccccc2)c1.[Pt]. The maximum atomic E-state index is 6.77. The molecule has 1 aliphatic rings. The fourth-order valence-electron chi connectivity index (χ4n) is 8.01. The number of ether oxygens (including phenoxy) is 1. The van der Waals surface area contributed by atoms with Gasteiger partial charge in [0.15, 0.2) is 0 Å². The molecule has 3 heterocycles. The molecule has 298 valence electrons. The number of hydrogen-bond acceptors (Lipinski definition) is 4. The number of allylic oxidation sites excluding steroid dienone is 2. The van der Waals surface area contributed by atoms with Crippen molar-refractivity contribution in [3.63, 3.8) is 0 Å². The summed E-state index contributed by atoms with van der Waals surface area (Å²) in [5, 5.41) is 2.23. The zero-order chi connectivity index (χ0) is 40.2. The van der Waals surface area contributed by atoms with Gasteiger partial charge in [0.25, 0.3) is 0 Å². The van der Waals surface area contributed by atoms with Gasteiger partial charge in [0.05, 0.1) is 0 Å². The van der Waals surface area contributed by atoms with Crippen LogP contribution in [0.15, 0.2) is 163 Å². The van der Waals surface area contributed by atoms with Crippen LogP contribution in [0.2, 0.25) is 0 Å². The number of pyridine rings is 1. The summed E-state index contributed by atoms with van der Waals surface area (Å²) in [4.78, 5) is 9.34. The van der Waals surface area contributed by atoms with Crippen molar-refractivity contribution in [2.75, 3.05) is 9.80 Å². The summed E-state index contributed by atoms with van der Waals surface area (Å²) in [7, 11) is 0. The van der Waals surface area contributed by atoms with Gasteiger partial charge < -0.3 is 19.1 Å². The van der Waals surface area contributed by atoms with E-state index in [9.17, 15) is 0 Å². The van der Waals surface area contributed by atoms with Crippen molar-refractivity contribution in [2.45, 2.75) is 59.3 Å². The molecule has 0 N–H and O–H groups in total. The van der Waals surface area contributed by atoms with Crippen molar-refractivity contribution >= 4 is 33.2 Å². The van der Waals surface area contributed by atoms with Crippen LogP contribution in [0.5, 0.6) is 11.5 Å². The van der Waals surface area contributed by atoms with Gasteiger partial charge in [-0.15, -0.1) is 53.6 Å². The van der Waals surface area contributed by atoms with E-state index in [1.807, 2.05) is 18.3 Å². The first kappa shape index (κ1) is 39.9. The third-order valence-corrected chi connectivity index (χ3v) is 11.6. The fraction of sp³-hybridized carbons (Fsp3) is 0.170. The van der Waals surface area contributed by atoms with Crippen LogP contribution in [0, 0.1) is 18.8 Å². The predicted octanol–water partition coefficient (Wildman–Crippen LogP) is 13.6. The minimum Gasteiger partial charge on any atom is -0.509 e. The summed E-state index contributed by atoms with van der Waals surface area (Å²) in [5.41, 5.74) is 11.9. The van der Waals surface area contributed by atoms with Crippen molar-refractivity contribution in [3.8, 4) is 28.4 Å². The normalized spacial score (nSPS) is 13.3. The van der Waals surface area contributed by atoms with Crippen LogP contribution in [0.4, 0.5) is 11.4 Å². The van der Waals surface area contributed by atoms with Crippen molar-refractivity contribution in [3.05, 3.63) is 199 Å². The summed E-state index contributed by atoms with van der Waals surface area (Å²) in [6, 6.07) is 58.5. The van der Waals surface area contributed by atoms with E-state index in [-0.39, 0.29) is 31.9 Å². The third kappa shape index (κ3) is 7.49. The molecule has 6 aromatic carbocycles. The number of para-hydroxylation sites is 1. The number of anilines is 2. The maximum Gasteiger partial charge on any atom is 0.135 e. The first-order valence-corrected chi connectivity index (χ1v) is 20.0. The summed E-state index contributed by atoms with van der Waals surface area (Å²) >= 11 is 0. The third-order valence-electron chi connectivity index (χ3n) is 11.6. The zero-order valence-corrected chi connectivity index (χ0v) is 36.8. The van der Waals surface area contributed by atoms with Gasteiger partial charge in [-0.1, -0.05) is 131 Å². The minimum absolute atomic E-state index is 0. The van der Waals surface area contributed by atoms with E-state index in [0.717, 1.165) is 61.5 Å². The average molecular weight is 951 g/mol. The van der Waals surface area contributed by atoms with E-state index in [1.165, 1.54) is 16.7 Å². The van der Waals surface area contributed by atoms with Crippen LogP contribution in [-0.4, -0.2) is 9.55 Å². The summed E-state index contributed by atoms with van der Waals surface area (Å²) in [5.74, 6) is 2.06. The molecule has 5 nitrogen and oxygen atoms in total. The van der Waals surface area contributed by atoms with Gasteiger partial charge in [0.2, 0.25) is 0 Å². The number of fused-ring (bicyclic) bond motifs is 3. The number of nitrogens with zero attached hydrogens (tertiary/aromatic N) is 4. The first-order chi connectivity index (χ1) is 28.0. The number of aromatic nitrogens is 2. The van der Waals surface area contributed by atoms with Crippen LogP contribution in [0.3, 0.4) is 0 Å². The van der Waals surface area contributed by atoms with Crippen molar-refractivity contribution in [2.24, 2.45) is 0 Å². The second-order valence-corrected chi connectivity index (χ2v) is 16.7. The second kappa shape index (κ2) is 15.7. The standard InChI is InChI=1S/C53H47N4O.Pt/c1-36-37(2)56(35-55(36)43-22-16-21-42(31-43)53(6,7)40-19-12-9-13-20-40)44-29-39(38-17-10-8-11-18-38)30-46(33-44)58-45-25-26-48-47-23-14-15-24-49(47)57(50(48)34-45)51-32-41(27-28-54-51)52(3,4)5;/h8-32,35H,1-7H3;/q-3;. The van der Waals surface area contributed by atoms with Crippen molar-refractivity contribution < 1.29 is 25.8 Å². The summed E-state index contributed by atoms with van der Waals surface area (Å²) in [6.45, 7) is 17.8. The molecular weight excluding hydrogens is 904 g/mol. The Morgan fingerprint density at radius 3 is 2.03 bits per heavy atom. The van der Waals surface area contributed by atoms with Crippen LogP contribution >= 0.6 is 0 Å². The minimum atomic E-state index is -0.158. The maximum absolute atomic E-state index is 6.77. The Morgan fingerprint density at radius 1 is 0.576 bits per heavy atom. The summed E-state index contributed by atoms with van der Waals surface area (Å²) < 4.78 is 8.96.